The maximum absolute atomic E-state index is 12.7. The molecule has 1 aromatic carbocycles. The third-order valence-electron chi connectivity index (χ3n) is 3.33. The number of hydrogen-bond donors (Lipinski definition) is 1. The van der Waals surface area contributed by atoms with Crippen LogP contribution in [0.15, 0.2) is 28.7 Å². The zero-order valence-electron chi connectivity index (χ0n) is 11.6. The molecule has 108 valence electrons. The van der Waals surface area contributed by atoms with Gasteiger partial charge in [-0.05, 0) is 28.1 Å². The van der Waals surface area contributed by atoms with Crippen molar-refractivity contribution in [2.45, 2.75) is 6.04 Å². The molecule has 1 heterocycles. The van der Waals surface area contributed by atoms with Gasteiger partial charge in [-0.25, -0.2) is 0 Å². The zero-order chi connectivity index (χ0) is 14.7. The minimum Gasteiger partial charge on any atom is -0.347 e. The third kappa shape index (κ3) is 3.02. The molecular weight excluding hydrogens is 322 g/mol. The maximum atomic E-state index is 12.7. The predicted octanol–water partition coefficient (Wildman–Crippen LogP) is 0.951. The highest BCUT2D eigenvalue weighted by molar-refractivity contribution is 9.10. The summed E-state index contributed by atoms with van der Waals surface area (Å²) in [5.41, 5.74) is 0.589. The molecule has 0 spiro atoms. The molecule has 1 saturated heterocycles. The van der Waals surface area contributed by atoms with Crippen LogP contribution in [0.5, 0.6) is 0 Å². The van der Waals surface area contributed by atoms with Crippen molar-refractivity contribution in [1.82, 2.24) is 15.1 Å². The molecule has 1 unspecified atom stereocenters. The van der Waals surface area contributed by atoms with Crippen molar-refractivity contribution in [3.05, 3.63) is 34.3 Å². The number of nitrogens with one attached hydrogen (secondary N) is 1. The minimum atomic E-state index is -0.446. The summed E-state index contributed by atoms with van der Waals surface area (Å²) in [5, 5.41) is 3.17. The number of rotatable bonds is 2. The zero-order valence-corrected chi connectivity index (χ0v) is 13.2. The van der Waals surface area contributed by atoms with Crippen molar-refractivity contribution >= 4 is 27.7 Å². The fraction of sp³-hybridized carbons (Fsp3) is 0.429. The maximum Gasteiger partial charge on any atom is 0.255 e. The van der Waals surface area contributed by atoms with Gasteiger partial charge in [0.15, 0.2) is 0 Å². The van der Waals surface area contributed by atoms with Gasteiger partial charge < -0.3 is 15.1 Å². The van der Waals surface area contributed by atoms with Crippen LogP contribution in [0.1, 0.15) is 10.4 Å². The van der Waals surface area contributed by atoms with Crippen LogP contribution in [0.2, 0.25) is 0 Å². The number of likely N-dealkylation sites (N-methyl/N-ethyl adjacent to an activating group) is 1. The summed E-state index contributed by atoms with van der Waals surface area (Å²) in [6.07, 6.45) is 0. The molecule has 1 fully saturated rings. The summed E-state index contributed by atoms with van der Waals surface area (Å²) >= 11 is 3.39. The largest absolute Gasteiger partial charge is 0.347 e. The number of benzene rings is 1. The van der Waals surface area contributed by atoms with Gasteiger partial charge >= 0.3 is 0 Å². The Bertz CT molecular complexity index is 519. The van der Waals surface area contributed by atoms with Crippen LogP contribution in [0.4, 0.5) is 0 Å². The Morgan fingerprint density at radius 2 is 2.05 bits per heavy atom. The molecule has 0 saturated carbocycles. The normalized spacial score (nSPS) is 18.8. The predicted molar refractivity (Wildman–Crippen MR) is 80.5 cm³/mol. The molecule has 0 aromatic heterocycles. The molecule has 0 aliphatic carbocycles. The first kappa shape index (κ1) is 15.0. The lowest BCUT2D eigenvalue weighted by Gasteiger charge is -2.36. The Kier molecular flexibility index (Phi) is 4.77. The van der Waals surface area contributed by atoms with Gasteiger partial charge in [0.1, 0.15) is 6.04 Å². The summed E-state index contributed by atoms with van der Waals surface area (Å²) in [4.78, 5) is 28.0. The fourth-order valence-corrected chi connectivity index (χ4v) is 2.71. The number of amides is 2. The average molecular weight is 340 g/mol. The van der Waals surface area contributed by atoms with Gasteiger partial charge in [0.25, 0.3) is 5.91 Å². The first-order valence-corrected chi connectivity index (χ1v) is 7.29. The average Bonchev–Trinajstić information content (AvgIpc) is 2.46. The monoisotopic (exact) mass is 339 g/mol. The Labute approximate surface area is 127 Å². The highest BCUT2D eigenvalue weighted by Crippen LogP contribution is 2.20. The highest BCUT2D eigenvalue weighted by Gasteiger charge is 2.33. The summed E-state index contributed by atoms with van der Waals surface area (Å²) in [6.45, 7) is 1.73. The molecule has 2 amide bonds. The topological polar surface area (TPSA) is 52.7 Å². The fourth-order valence-electron chi connectivity index (χ4n) is 2.26. The van der Waals surface area contributed by atoms with Gasteiger partial charge in [-0.2, -0.15) is 0 Å². The number of hydrogen-bond acceptors (Lipinski definition) is 3. The number of halogens is 1. The van der Waals surface area contributed by atoms with Crippen LogP contribution in [-0.2, 0) is 4.79 Å². The van der Waals surface area contributed by atoms with Crippen LogP contribution in [-0.4, -0.2) is 61.4 Å². The second-order valence-corrected chi connectivity index (χ2v) is 5.79. The Morgan fingerprint density at radius 1 is 1.35 bits per heavy atom. The van der Waals surface area contributed by atoms with Crippen LogP contribution < -0.4 is 5.32 Å². The quantitative estimate of drug-likeness (QED) is 0.872. The van der Waals surface area contributed by atoms with Gasteiger partial charge in [-0.1, -0.05) is 12.1 Å². The SMILES string of the molecule is CN(C)C(=O)C1CNCCN1C(=O)c1ccccc1Br. The molecule has 0 bridgehead atoms. The van der Waals surface area contributed by atoms with Crippen LogP contribution in [0.3, 0.4) is 0 Å². The molecule has 5 nitrogen and oxygen atoms in total. The minimum absolute atomic E-state index is 0.0578. The molecule has 1 atom stereocenters. The second-order valence-electron chi connectivity index (χ2n) is 4.93. The van der Waals surface area contributed by atoms with Crippen LogP contribution in [0, 0.1) is 0 Å². The number of nitrogens with zero attached hydrogens (tertiary/aromatic N) is 2. The number of piperazine rings is 1. The Hall–Kier alpha value is -1.40. The molecule has 2 rings (SSSR count). The molecule has 1 aliphatic rings. The van der Waals surface area contributed by atoms with Gasteiger partial charge in [0.05, 0.1) is 5.56 Å². The van der Waals surface area contributed by atoms with E-state index in [1.165, 1.54) is 4.90 Å². The van der Waals surface area contributed by atoms with E-state index in [9.17, 15) is 9.59 Å². The number of carbonyl (C=O) groups is 2. The Morgan fingerprint density at radius 3 is 2.70 bits per heavy atom. The highest BCUT2D eigenvalue weighted by atomic mass is 79.9. The van der Waals surface area contributed by atoms with E-state index in [4.69, 9.17) is 0 Å². The molecule has 20 heavy (non-hydrogen) atoms. The van der Waals surface area contributed by atoms with Crippen LogP contribution in [0.25, 0.3) is 0 Å². The molecular formula is C14H18BrN3O2. The van der Waals surface area contributed by atoms with E-state index in [0.29, 0.717) is 25.2 Å². The molecule has 1 aliphatic heterocycles. The molecule has 6 heteroatoms. The second kappa shape index (κ2) is 6.37. The summed E-state index contributed by atoms with van der Waals surface area (Å²) < 4.78 is 0.750. The van der Waals surface area contributed by atoms with Gasteiger partial charge in [0, 0.05) is 38.2 Å². The Balaban J connectivity index is 2.26. The third-order valence-corrected chi connectivity index (χ3v) is 4.03. The van der Waals surface area contributed by atoms with E-state index in [0.717, 1.165) is 4.47 Å². The lowest BCUT2D eigenvalue weighted by Crippen LogP contribution is -2.59. The van der Waals surface area contributed by atoms with E-state index in [1.807, 2.05) is 18.2 Å². The summed E-state index contributed by atoms with van der Waals surface area (Å²) in [5.74, 6) is -0.170. The van der Waals surface area contributed by atoms with Crippen molar-refractivity contribution in [2.75, 3.05) is 33.7 Å². The van der Waals surface area contributed by atoms with Crippen molar-refractivity contribution < 1.29 is 9.59 Å². The van der Waals surface area contributed by atoms with E-state index < -0.39 is 6.04 Å². The van der Waals surface area contributed by atoms with Crippen molar-refractivity contribution in [3.63, 3.8) is 0 Å². The van der Waals surface area contributed by atoms with E-state index >= 15 is 0 Å². The summed E-state index contributed by atoms with van der Waals surface area (Å²) in [6, 6.07) is 6.84. The van der Waals surface area contributed by atoms with Gasteiger partial charge in [-0.3, -0.25) is 9.59 Å². The smallest absolute Gasteiger partial charge is 0.255 e. The molecule has 1 N–H and O–H groups in total. The van der Waals surface area contributed by atoms with E-state index in [1.54, 1.807) is 25.1 Å². The van der Waals surface area contributed by atoms with Crippen molar-refractivity contribution in [1.29, 1.82) is 0 Å². The van der Waals surface area contributed by atoms with Crippen LogP contribution >= 0.6 is 15.9 Å². The van der Waals surface area contributed by atoms with Gasteiger partial charge in [-0.15, -0.1) is 0 Å². The number of carbonyl (C=O) groups excluding carboxylic acids is 2. The van der Waals surface area contributed by atoms with Gasteiger partial charge in [0.2, 0.25) is 5.91 Å². The van der Waals surface area contributed by atoms with E-state index in [-0.39, 0.29) is 11.8 Å². The first-order valence-electron chi connectivity index (χ1n) is 6.49. The lowest BCUT2D eigenvalue weighted by molar-refractivity contribution is -0.134. The first-order chi connectivity index (χ1) is 9.52. The van der Waals surface area contributed by atoms with Crippen molar-refractivity contribution in [2.24, 2.45) is 0 Å². The molecule has 1 aromatic rings. The van der Waals surface area contributed by atoms with Crippen molar-refractivity contribution in [3.8, 4) is 0 Å². The lowest BCUT2D eigenvalue weighted by atomic mass is 10.1. The van der Waals surface area contributed by atoms with E-state index in [2.05, 4.69) is 21.2 Å². The summed E-state index contributed by atoms with van der Waals surface area (Å²) in [7, 11) is 3.41. The standard InChI is InChI=1S/C14H18BrN3O2/c1-17(2)14(20)12-9-16-7-8-18(12)13(19)10-5-3-4-6-11(10)15/h3-6,12,16H,7-9H2,1-2H3. The molecule has 0 radical (unpaired) electrons.